The van der Waals surface area contributed by atoms with Crippen molar-refractivity contribution in [1.82, 2.24) is 29.9 Å². The lowest BCUT2D eigenvalue weighted by Gasteiger charge is -2.32. The maximum atomic E-state index is 13.2. The third-order valence-corrected chi connectivity index (χ3v) is 4.67. The number of hydrogen-bond acceptors (Lipinski definition) is 7. The van der Waals surface area contributed by atoms with Crippen molar-refractivity contribution in [2.75, 3.05) is 13.1 Å². The summed E-state index contributed by atoms with van der Waals surface area (Å²) in [6.45, 7) is 2.91. The first kappa shape index (κ1) is 21.5. The third-order valence-electron chi connectivity index (χ3n) is 4.67. The van der Waals surface area contributed by atoms with Gasteiger partial charge in [0.1, 0.15) is 6.10 Å². The minimum Gasteiger partial charge on any atom is -0.472 e. The van der Waals surface area contributed by atoms with Gasteiger partial charge in [0.05, 0.1) is 36.1 Å². The van der Waals surface area contributed by atoms with E-state index in [1.54, 1.807) is 47.8 Å². The largest absolute Gasteiger partial charge is 0.472 e. The Morgan fingerprint density at radius 2 is 2.00 bits per heavy atom. The zero-order valence-corrected chi connectivity index (χ0v) is 17.0. The highest BCUT2D eigenvalue weighted by Gasteiger charge is 2.28. The minimum absolute atomic E-state index is 0.142. The molecule has 1 saturated heterocycles. The van der Waals surface area contributed by atoms with Crippen molar-refractivity contribution >= 4 is 5.91 Å². The average molecular weight is 415 g/mol. The Morgan fingerprint density at radius 1 is 1.23 bits per heavy atom. The van der Waals surface area contributed by atoms with E-state index in [2.05, 4.69) is 39.1 Å². The predicted octanol–water partition coefficient (Wildman–Crippen LogP) is 2.17. The van der Waals surface area contributed by atoms with Crippen molar-refractivity contribution in [3.63, 3.8) is 0 Å². The molecule has 0 radical (unpaired) electrons. The Kier molecular flexibility index (Phi) is 6.92. The van der Waals surface area contributed by atoms with Gasteiger partial charge < -0.3 is 9.64 Å². The van der Waals surface area contributed by atoms with Crippen molar-refractivity contribution in [2.24, 2.45) is 0 Å². The van der Waals surface area contributed by atoms with Gasteiger partial charge >= 0.3 is 0 Å². The van der Waals surface area contributed by atoms with Crippen LogP contribution in [-0.4, -0.2) is 55.0 Å². The molecule has 156 valence electrons. The van der Waals surface area contributed by atoms with E-state index in [4.69, 9.17) is 10.00 Å². The summed E-state index contributed by atoms with van der Waals surface area (Å²) in [6.07, 6.45) is 14.1. The number of ether oxygens (including phenoxy) is 1. The molecule has 9 heteroatoms. The van der Waals surface area contributed by atoms with Crippen LogP contribution >= 0.6 is 0 Å². The number of aromatic nitrogens is 5. The highest BCUT2D eigenvalue weighted by atomic mass is 16.5. The molecule has 3 aromatic heterocycles. The second kappa shape index (κ2) is 9.99. The first-order chi connectivity index (χ1) is 15.1. The van der Waals surface area contributed by atoms with E-state index < -0.39 is 0 Å². The zero-order chi connectivity index (χ0) is 22.2. The van der Waals surface area contributed by atoms with Crippen LogP contribution in [0.15, 0.2) is 42.9 Å². The Morgan fingerprint density at radius 3 is 2.74 bits per heavy atom. The van der Waals surface area contributed by atoms with Gasteiger partial charge in [-0.3, -0.25) is 4.79 Å². The van der Waals surface area contributed by atoms with Gasteiger partial charge in [-0.1, -0.05) is 0 Å². The Balaban J connectivity index is 0.00000132. The normalized spacial score (nSPS) is 15.3. The number of carbonyl (C=O) groups is 1. The zero-order valence-electron chi connectivity index (χ0n) is 17.0. The predicted molar refractivity (Wildman–Crippen MR) is 112 cm³/mol. The van der Waals surface area contributed by atoms with Crippen molar-refractivity contribution in [2.45, 2.75) is 25.9 Å². The fourth-order valence-corrected chi connectivity index (χ4v) is 3.29. The Labute approximate surface area is 180 Å². The fraction of sp³-hybridized carbons (Fsp3) is 0.273. The summed E-state index contributed by atoms with van der Waals surface area (Å²) in [7, 11) is 0. The lowest BCUT2D eigenvalue weighted by molar-refractivity contribution is 0.0527. The summed E-state index contributed by atoms with van der Waals surface area (Å²) < 4.78 is 5.93. The molecule has 9 nitrogen and oxygen atoms in total. The second-order valence-corrected chi connectivity index (χ2v) is 6.77. The number of nitrogens with zero attached hydrogens (tertiary/aromatic N) is 7. The van der Waals surface area contributed by atoms with E-state index in [-0.39, 0.29) is 12.0 Å². The van der Waals surface area contributed by atoms with Crippen molar-refractivity contribution in [3.05, 3.63) is 59.7 Å². The van der Waals surface area contributed by atoms with Crippen LogP contribution in [0.2, 0.25) is 0 Å². The Bertz CT molecular complexity index is 1100. The summed E-state index contributed by atoms with van der Waals surface area (Å²) in [6, 6.07) is 8.86. The molecule has 1 aliphatic heterocycles. The van der Waals surface area contributed by atoms with Crippen LogP contribution in [0.1, 0.15) is 34.5 Å². The molecule has 0 N–H and O–H groups in total. The van der Waals surface area contributed by atoms with Gasteiger partial charge in [-0.15, -0.1) is 17.6 Å². The number of carbonyl (C=O) groups excluding carboxylic acids is 1. The monoisotopic (exact) mass is 415 g/mol. The summed E-state index contributed by atoms with van der Waals surface area (Å²) in [5, 5.41) is 17.3. The molecule has 4 heterocycles. The van der Waals surface area contributed by atoms with E-state index in [1.165, 1.54) is 4.80 Å². The third kappa shape index (κ3) is 5.03. The van der Waals surface area contributed by atoms with Crippen molar-refractivity contribution in [1.29, 1.82) is 5.26 Å². The number of rotatable bonds is 4. The van der Waals surface area contributed by atoms with Gasteiger partial charge in [0, 0.05) is 24.5 Å². The van der Waals surface area contributed by atoms with Gasteiger partial charge in [0.25, 0.3) is 5.91 Å². The lowest BCUT2D eigenvalue weighted by Crippen LogP contribution is -2.44. The van der Waals surface area contributed by atoms with Crippen molar-refractivity contribution in [3.8, 4) is 30.6 Å². The molecule has 0 aliphatic carbocycles. The number of piperidine rings is 1. The van der Waals surface area contributed by atoms with Gasteiger partial charge in [-0.05, 0) is 38.0 Å². The maximum absolute atomic E-state index is 13.2. The summed E-state index contributed by atoms with van der Waals surface area (Å²) in [5.74, 6) is 0.657. The van der Waals surface area contributed by atoms with Crippen LogP contribution in [0.5, 0.6) is 5.88 Å². The number of nitriles is 1. The lowest BCUT2D eigenvalue weighted by atomic mass is 10.1. The standard InChI is InChI=1S/C20H19N7O2.C2H2/c1-14-4-5-17(19(25-14)27-23-8-9-24-27)20(28)26-10-2-3-16(13-26)29-18-11-15(12-21)6-7-22-18;1-2/h4-9,11,16H,2-3,10,13H2,1H3;1-2H/t16-;/m1./s1. The van der Waals surface area contributed by atoms with Crippen LogP contribution in [0.3, 0.4) is 0 Å². The number of hydrogen-bond donors (Lipinski definition) is 0. The molecule has 1 fully saturated rings. The van der Waals surface area contributed by atoms with Crippen LogP contribution in [0, 0.1) is 31.1 Å². The minimum atomic E-state index is -0.196. The van der Waals surface area contributed by atoms with Crippen LogP contribution in [0.25, 0.3) is 5.82 Å². The topological polar surface area (TPSA) is 110 Å². The molecular formula is C22H21N7O2. The SMILES string of the molecule is C#C.Cc1ccc(C(=O)N2CCC[C@@H](Oc3cc(C#N)ccn3)C2)c(-n2nccn2)n1. The molecule has 3 aromatic rings. The molecule has 0 saturated carbocycles. The number of aryl methyl sites for hydroxylation is 1. The number of likely N-dealkylation sites (tertiary alicyclic amines) is 1. The van der Waals surface area contributed by atoms with E-state index >= 15 is 0 Å². The second-order valence-electron chi connectivity index (χ2n) is 6.77. The quantitative estimate of drug-likeness (QED) is 0.601. The number of pyridine rings is 2. The fourth-order valence-electron chi connectivity index (χ4n) is 3.29. The molecule has 0 unspecified atom stereocenters. The van der Waals surface area contributed by atoms with E-state index in [1.807, 2.05) is 6.92 Å². The van der Waals surface area contributed by atoms with Gasteiger partial charge in [-0.2, -0.15) is 15.5 Å². The van der Waals surface area contributed by atoms with Gasteiger partial charge in [-0.25, -0.2) is 9.97 Å². The summed E-state index contributed by atoms with van der Waals surface area (Å²) in [4.78, 5) is 25.0. The smallest absolute Gasteiger partial charge is 0.257 e. The van der Waals surface area contributed by atoms with Crippen LogP contribution in [0.4, 0.5) is 0 Å². The molecule has 31 heavy (non-hydrogen) atoms. The van der Waals surface area contributed by atoms with Crippen molar-refractivity contribution < 1.29 is 9.53 Å². The van der Waals surface area contributed by atoms with Crippen LogP contribution in [-0.2, 0) is 0 Å². The summed E-state index contributed by atoms with van der Waals surface area (Å²) >= 11 is 0. The van der Waals surface area contributed by atoms with E-state index in [9.17, 15) is 4.79 Å². The highest BCUT2D eigenvalue weighted by molar-refractivity contribution is 5.97. The first-order valence-corrected chi connectivity index (χ1v) is 9.64. The number of amides is 1. The molecule has 1 atom stereocenters. The molecule has 0 aromatic carbocycles. The average Bonchev–Trinajstić information content (AvgIpc) is 3.35. The molecule has 1 amide bonds. The molecular weight excluding hydrogens is 394 g/mol. The molecule has 1 aliphatic rings. The molecule has 0 bridgehead atoms. The molecule has 4 rings (SSSR count). The highest BCUT2D eigenvalue weighted by Crippen LogP contribution is 2.21. The Hall–Kier alpha value is -4.24. The van der Waals surface area contributed by atoms with Gasteiger partial charge in [0.2, 0.25) is 5.88 Å². The van der Waals surface area contributed by atoms with E-state index in [0.717, 1.165) is 18.5 Å². The molecule has 0 spiro atoms. The van der Waals surface area contributed by atoms with Crippen LogP contribution < -0.4 is 4.74 Å². The van der Waals surface area contributed by atoms with Gasteiger partial charge in [0.15, 0.2) is 5.82 Å². The first-order valence-electron chi connectivity index (χ1n) is 9.64. The maximum Gasteiger partial charge on any atom is 0.257 e. The number of terminal acetylenes is 1. The summed E-state index contributed by atoms with van der Waals surface area (Å²) in [5.41, 5.74) is 1.70. The van der Waals surface area contributed by atoms with E-state index in [0.29, 0.717) is 35.9 Å².